The molecule has 0 radical (unpaired) electrons. The Bertz CT molecular complexity index is 215. The van der Waals surface area contributed by atoms with Gasteiger partial charge in [0.25, 0.3) is 0 Å². The number of hydrogen-bond donors (Lipinski definition) is 0. The lowest BCUT2D eigenvalue weighted by molar-refractivity contribution is -0.948. The molecule has 3 aliphatic rings. The summed E-state index contributed by atoms with van der Waals surface area (Å²) in [6.07, 6.45) is 2.85. The fourth-order valence-corrected chi connectivity index (χ4v) is 3.58. The van der Waals surface area contributed by atoms with Crippen LogP contribution in [0.2, 0.25) is 0 Å². The molecule has 3 rings (SSSR count). The van der Waals surface area contributed by atoms with Gasteiger partial charge in [-0.15, -0.1) is 0 Å². The molecule has 2 bridgehead atoms. The molecule has 0 aromatic rings. The highest BCUT2D eigenvalue weighted by Gasteiger charge is 2.42. The third-order valence-corrected chi connectivity index (χ3v) is 4.85. The van der Waals surface area contributed by atoms with Crippen molar-refractivity contribution in [3.63, 3.8) is 0 Å². The fourth-order valence-electron chi connectivity index (χ4n) is 3.58. The van der Waals surface area contributed by atoms with Crippen molar-refractivity contribution in [3.8, 4) is 0 Å². The summed E-state index contributed by atoms with van der Waals surface area (Å²) in [7, 11) is 0. The Morgan fingerprint density at radius 1 is 1.00 bits per heavy atom. The molecule has 0 unspecified atom stereocenters. The van der Waals surface area contributed by atoms with Gasteiger partial charge in [0, 0.05) is 31.5 Å². The minimum atomic E-state index is 0.736. The Kier molecular flexibility index (Phi) is 3.09. The summed E-state index contributed by atoms with van der Waals surface area (Å²) in [5.41, 5.74) is 0. The van der Waals surface area contributed by atoms with Crippen molar-refractivity contribution in [2.24, 2.45) is 0 Å². The first-order valence-corrected chi connectivity index (χ1v) is 6.67. The molecule has 3 saturated heterocycles. The molecule has 0 amide bonds. The number of piperidine rings is 1. The van der Waals surface area contributed by atoms with Crippen LogP contribution in [0, 0.1) is 0 Å². The van der Waals surface area contributed by atoms with E-state index in [-0.39, 0.29) is 0 Å². The minimum absolute atomic E-state index is 0.736. The van der Waals surface area contributed by atoms with Crippen LogP contribution in [0.3, 0.4) is 0 Å². The van der Waals surface area contributed by atoms with Crippen molar-refractivity contribution >= 4 is 0 Å². The molecule has 3 heterocycles. The predicted octanol–water partition coefficient (Wildman–Crippen LogP) is 2.10. The first-order chi connectivity index (χ1) is 7.05. The van der Waals surface area contributed by atoms with Crippen LogP contribution < -0.4 is 0 Å². The van der Waals surface area contributed by atoms with Gasteiger partial charge in [-0.3, -0.25) is 4.90 Å². The molecule has 3 fully saturated rings. The van der Waals surface area contributed by atoms with Crippen molar-refractivity contribution in [2.75, 3.05) is 26.2 Å². The highest BCUT2D eigenvalue weighted by Crippen LogP contribution is 2.30. The van der Waals surface area contributed by atoms with E-state index in [0.717, 1.165) is 18.1 Å². The van der Waals surface area contributed by atoms with E-state index >= 15 is 0 Å². The molecule has 2 heteroatoms. The van der Waals surface area contributed by atoms with Gasteiger partial charge in [0.1, 0.15) is 0 Å². The second-order valence-corrected chi connectivity index (χ2v) is 6.05. The second-order valence-electron chi connectivity index (χ2n) is 6.05. The van der Waals surface area contributed by atoms with Gasteiger partial charge in [0.15, 0.2) is 0 Å². The summed E-state index contributed by atoms with van der Waals surface area (Å²) < 4.78 is 1.39. The van der Waals surface area contributed by atoms with E-state index < -0.39 is 0 Å². The summed E-state index contributed by atoms with van der Waals surface area (Å²) in [5, 5.41) is 0. The average Bonchev–Trinajstić information content (AvgIpc) is 2.48. The lowest BCUT2D eigenvalue weighted by Gasteiger charge is -2.44. The van der Waals surface area contributed by atoms with Crippen molar-refractivity contribution < 1.29 is 4.48 Å². The smallest absolute Gasteiger partial charge is 0.0918 e. The van der Waals surface area contributed by atoms with Gasteiger partial charge in [-0.25, -0.2) is 0 Å². The molecular formula is C13H27N2+. The summed E-state index contributed by atoms with van der Waals surface area (Å²) >= 11 is 0. The van der Waals surface area contributed by atoms with E-state index in [1.165, 1.54) is 43.5 Å². The van der Waals surface area contributed by atoms with Crippen molar-refractivity contribution in [1.82, 2.24) is 4.90 Å². The Morgan fingerprint density at radius 2 is 1.60 bits per heavy atom. The summed E-state index contributed by atoms with van der Waals surface area (Å²) in [5.74, 6) is 0. The number of hydrogen-bond acceptors (Lipinski definition) is 1. The van der Waals surface area contributed by atoms with Crippen LogP contribution >= 0.6 is 0 Å². The van der Waals surface area contributed by atoms with Crippen LogP contribution in [0.4, 0.5) is 0 Å². The topological polar surface area (TPSA) is 3.24 Å². The van der Waals surface area contributed by atoms with Gasteiger partial charge in [0.05, 0.1) is 25.7 Å². The first kappa shape index (κ1) is 11.4. The largest absolute Gasteiger partial charge is 0.320 e. The quantitative estimate of drug-likeness (QED) is 0.632. The van der Waals surface area contributed by atoms with Crippen molar-refractivity contribution in [2.45, 2.75) is 58.7 Å². The van der Waals surface area contributed by atoms with Crippen LogP contribution in [0.5, 0.6) is 0 Å². The van der Waals surface area contributed by atoms with Gasteiger partial charge in [-0.05, 0) is 27.7 Å². The maximum Gasteiger partial charge on any atom is 0.0918 e. The number of fused-ring (bicyclic) bond motifs is 4. The highest BCUT2D eigenvalue weighted by atomic mass is 15.4. The molecule has 0 aromatic carbocycles. The molecule has 0 aromatic heterocycles. The SMILES string of the molecule is CC(C)N1CC[N+]2(C(C)C)CCC1CC2. The third-order valence-electron chi connectivity index (χ3n) is 4.85. The molecule has 3 aliphatic heterocycles. The Morgan fingerprint density at radius 3 is 2.07 bits per heavy atom. The molecule has 0 spiro atoms. The van der Waals surface area contributed by atoms with Gasteiger partial charge >= 0.3 is 0 Å². The van der Waals surface area contributed by atoms with E-state index in [4.69, 9.17) is 0 Å². The number of quaternary nitrogens is 1. The highest BCUT2D eigenvalue weighted by molar-refractivity contribution is 4.82. The summed E-state index contributed by atoms with van der Waals surface area (Å²) in [4.78, 5) is 2.75. The lowest BCUT2D eigenvalue weighted by Crippen LogP contribution is -2.57. The Balaban J connectivity index is 2.14. The maximum atomic E-state index is 2.75. The Labute approximate surface area is 94.8 Å². The van der Waals surface area contributed by atoms with E-state index in [2.05, 4.69) is 32.6 Å². The van der Waals surface area contributed by atoms with E-state index in [0.29, 0.717) is 0 Å². The Hall–Kier alpha value is -0.0800. The standard InChI is InChI=1S/C13H27N2/c1-11(2)14-7-10-15(12(3)4)8-5-13(14)6-9-15/h11-13H,5-10H2,1-4H3/q+1. The van der Waals surface area contributed by atoms with Gasteiger partial charge in [-0.1, -0.05) is 0 Å². The monoisotopic (exact) mass is 211 g/mol. The summed E-state index contributed by atoms with van der Waals surface area (Å²) in [6.45, 7) is 15.1. The number of nitrogens with zero attached hydrogens (tertiary/aromatic N) is 2. The molecular weight excluding hydrogens is 184 g/mol. The molecule has 0 atom stereocenters. The zero-order valence-corrected chi connectivity index (χ0v) is 10.9. The zero-order valence-electron chi connectivity index (χ0n) is 10.9. The van der Waals surface area contributed by atoms with Crippen LogP contribution in [0.15, 0.2) is 0 Å². The fraction of sp³-hybridized carbons (Fsp3) is 1.00. The van der Waals surface area contributed by atoms with Crippen molar-refractivity contribution in [3.05, 3.63) is 0 Å². The molecule has 0 saturated carbocycles. The second kappa shape index (κ2) is 4.06. The third kappa shape index (κ3) is 1.94. The molecule has 15 heavy (non-hydrogen) atoms. The predicted molar refractivity (Wildman–Crippen MR) is 64.9 cm³/mol. The zero-order chi connectivity index (χ0) is 11.1. The van der Waals surface area contributed by atoms with E-state index in [1.807, 2.05) is 0 Å². The normalized spacial score (nSPS) is 37.6. The van der Waals surface area contributed by atoms with E-state index in [1.54, 1.807) is 0 Å². The van der Waals surface area contributed by atoms with Gasteiger partial charge in [0.2, 0.25) is 0 Å². The van der Waals surface area contributed by atoms with Crippen LogP contribution in [0.1, 0.15) is 40.5 Å². The minimum Gasteiger partial charge on any atom is -0.320 e. The molecule has 0 aliphatic carbocycles. The van der Waals surface area contributed by atoms with Crippen LogP contribution in [0.25, 0.3) is 0 Å². The first-order valence-electron chi connectivity index (χ1n) is 6.67. The van der Waals surface area contributed by atoms with Crippen LogP contribution in [-0.4, -0.2) is 53.7 Å². The van der Waals surface area contributed by atoms with Gasteiger partial charge in [-0.2, -0.15) is 0 Å². The summed E-state index contributed by atoms with van der Waals surface area (Å²) in [6, 6.07) is 2.44. The lowest BCUT2D eigenvalue weighted by atomic mass is 10.0. The van der Waals surface area contributed by atoms with Crippen molar-refractivity contribution in [1.29, 1.82) is 0 Å². The van der Waals surface area contributed by atoms with Crippen LogP contribution in [-0.2, 0) is 0 Å². The molecule has 2 nitrogen and oxygen atoms in total. The van der Waals surface area contributed by atoms with E-state index in [9.17, 15) is 0 Å². The maximum absolute atomic E-state index is 2.75. The van der Waals surface area contributed by atoms with Gasteiger partial charge < -0.3 is 4.48 Å². The number of rotatable bonds is 2. The molecule has 88 valence electrons. The average molecular weight is 211 g/mol. The molecule has 0 N–H and O–H groups in total.